The molecule has 3 rings (SSSR count). The van der Waals surface area contributed by atoms with E-state index in [9.17, 15) is 15.1 Å². The van der Waals surface area contributed by atoms with Crippen molar-refractivity contribution in [2.75, 3.05) is 0 Å². The maximum absolute atomic E-state index is 12.3. The van der Waals surface area contributed by atoms with Crippen molar-refractivity contribution in [3.63, 3.8) is 0 Å². The van der Waals surface area contributed by atoms with Crippen LogP contribution in [-0.2, 0) is 6.54 Å². The van der Waals surface area contributed by atoms with Gasteiger partial charge >= 0.3 is 5.91 Å². The number of phenols is 1. The van der Waals surface area contributed by atoms with Crippen LogP contribution in [0.2, 0.25) is 0 Å². The summed E-state index contributed by atoms with van der Waals surface area (Å²) in [5.74, 6) is -0.564. The highest BCUT2D eigenvalue weighted by atomic mass is 16.5. The number of aromatic hydroxyl groups is 1. The van der Waals surface area contributed by atoms with E-state index in [0.29, 0.717) is 22.5 Å². The van der Waals surface area contributed by atoms with Gasteiger partial charge in [-0.1, -0.05) is 42.5 Å². The summed E-state index contributed by atoms with van der Waals surface area (Å²) in [5.41, 5.74) is 4.32. The summed E-state index contributed by atoms with van der Waals surface area (Å²) in [5, 5.41) is 25.6. The van der Waals surface area contributed by atoms with E-state index in [1.807, 2.05) is 30.3 Å². The van der Waals surface area contributed by atoms with Gasteiger partial charge in [0.15, 0.2) is 5.69 Å². The third-order valence-corrected chi connectivity index (χ3v) is 3.96. The van der Waals surface area contributed by atoms with E-state index in [-0.39, 0.29) is 11.4 Å². The largest absolute Gasteiger partial charge is 0.710 e. The Labute approximate surface area is 150 Å². The SMILES string of the molecule is Cc1c(C(=O)N/N=C\c2ccccc2O)[n+]([O-])cn1Cc1ccccc1. The fraction of sp³-hybridized carbons (Fsp3) is 0.105. The molecule has 0 unspecified atom stereocenters. The van der Waals surface area contributed by atoms with Gasteiger partial charge in [-0.05, 0) is 17.7 Å². The first-order valence-electron chi connectivity index (χ1n) is 8.00. The molecule has 1 heterocycles. The van der Waals surface area contributed by atoms with Crippen molar-refractivity contribution in [3.05, 3.63) is 88.6 Å². The number of imidazole rings is 1. The van der Waals surface area contributed by atoms with Crippen molar-refractivity contribution in [1.82, 2.24) is 9.99 Å². The maximum atomic E-state index is 12.3. The van der Waals surface area contributed by atoms with Crippen LogP contribution in [0.1, 0.15) is 27.3 Å². The molecule has 3 aromatic rings. The summed E-state index contributed by atoms with van der Waals surface area (Å²) >= 11 is 0. The Hall–Kier alpha value is -3.61. The molecule has 7 heteroatoms. The molecule has 0 fully saturated rings. The number of carbonyl (C=O) groups excluding carboxylic acids is 1. The Morgan fingerprint density at radius 3 is 2.65 bits per heavy atom. The zero-order valence-corrected chi connectivity index (χ0v) is 14.2. The summed E-state index contributed by atoms with van der Waals surface area (Å²) in [4.78, 5) is 12.3. The van der Waals surface area contributed by atoms with Crippen molar-refractivity contribution in [2.45, 2.75) is 13.5 Å². The lowest BCUT2D eigenvalue weighted by Crippen LogP contribution is -2.36. The van der Waals surface area contributed by atoms with Gasteiger partial charge in [-0.25, -0.2) is 14.7 Å². The second kappa shape index (κ2) is 7.52. The quantitative estimate of drug-likeness (QED) is 0.319. The van der Waals surface area contributed by atoms with E-state index >= 15 is 0 Å². The number of hydrazone groups is 1. The van der Waals surface area contributed by atoms with Crippen LogP contribution < -0.4 is 10.2 Å². The second-order valence-corrected chi connectivity index (χ2v) is 5.75. The number of hydrogen-bond acceptors (Lipinski definition) is 4. The number of hydrogen-bond donors (Lipinski definition) is 2. The summed E-state index contributed by atoms with van der Waals surface area (Å²) in [6.45, 7) is 2.20. The minimum Gasteiger partial charge on any atom is -0.710 e. The van der Waals surface area contributed by atoms with Crippen molar-refractivity contribution in [3.8, 4) is 5.75 Å². The molecule has 2 N–H and O–H groups in total. The fourth-order valence-electron chi connectivity index (χ4n) is 2.58. The van der Waals surface area contributed by atoms with Gasteiger partial charge < -0.3 is 10.3 Å². The molecule has 0 aliphatic rings. The highest BCUT2D eigenvalue weighted by molar-refractivity contribution is 5.93. The smallest absolute Gasteiger partial charge is 0.315 e. The van der Waals surface area contributed by atoms with Gasteiger partial charge in [0.05, 0.1) is 6.21 Å². The minimum atomic E-state index is -0.615. The van der Waals surface area contributed by atoms with Gasteiger partial charge in [0, 0.05) is 12.5 Å². The first-order valence-corrected chi connectivity index (χ1v) is 8.00. The van der Waals surface area contributed by atoms with Crippen molar-refractivity contribution >= 4 is 12.1 Å². The van der Waals surface area contributed by atoms with Gasteiger partial charge in [-0.3, -0.25) is 4.79 Å². The monoisotopic (exact) mass is 350 g/mol. The second-order valence-electron chi connectivity index (χ2n) is 5.75. The third kappa shape index (κ3) is 3.72. The molecule has 1 aromatic heterocycles. The summed E-state index contributed by atoms with van der Waals surface area (Å²) < 4.78 is 2.24. The first-order chi connectivity index (χ1) is 12.6. The Kier molecular flexibility index (Phi) is 4.98. The van der Waals surface area contributed by atoms with Crippen LogP contribution in [0.3, 0.4) is 0 Å². The Balaban J connectivity index is 1.74. The Bertz CT molecular complexity index is 949. The van der Waals surface area contributed by atoms with Gasteiger partial charge in [0.2, 0.25) is 12.0 Å². The Morgan fingerprint density at radius 1 is 1.23 bits per heavy atom. The number of rotatable bonds is 5. The molecule has 0 spiro atoms. The van der Waals surface area contributed by atoms with Crippen molar-refractivity contribution < 1.29 is 14.6 Å². The van der Waals surface area contributed by atoms with E-state index in [2.05, 4.69) is 10.5 Å². The molecular weight excluding hydrogens is 332 g/mol. The van der Waals surface area contributed by atoms with E-state index in [0.717, 1.165) is 5.56 Å². The molecule has 0 bridgehead atoms. The van der Waals surface area contributed by atoms with Gasteiger partial charge in [-0.15, -0.1) is 0 Å². The normalized spacial score (nSPS) is 11.0. The lowest BCUT2D eigenvalue weighted by atomic mass is 10.2. The number of aromatic nitrogens is 2. The highest BCUT2D eigenvalue weighted by Gasteiger charge is 2.23. The third-order valence-electron chi connectivity index (χ3n) is 3.96. The summed E-state index contributed by atoms with van der Waals surface area (Å²) in [7, 11) is 0. The number of amides is 1. The summed E-state index contributed by atoms with van der Waals surface area (Å²) in [6, 6.07) is 16.2. The zero-order chi connectivity index (χ0) is 18.5. The van der Waals surface area contributed by atoms with Gasteiger partial charge in [0.25, 0.3) is 0 Å². The lowest BCUT2D eigenvalue weighted by molar-refractivity contribution is -0.607. The molecule has 0 atom stereocenters. The lowest BCUT2D eigenvalue weighted by Gasteiger charge is -2.02. The maximum Gasteiger partial charge on any atom is 0.315 e. The van der Waals surface area contributed by atoms with Crippen LogP contribution in [0.4, 0.5) is 0 Å². The van der Waals surface area contributed by atoms with E-state index in [1.165, 1.54) is 18.6 Å². The highest BCUT2D eigenvalue weighted by Crippen LogP contribution is 2.12. The number of phenolic OH excluding ortho intramolecular Hbond substituents is 1. The standard InChI is InChI=1S/C19H18N4O3/c1-14-18(19(25)21-20-11-16-9-5-6-10-17(16)24)23(26)13-22(14)12-15-7-3-2-4-8-15/h2-11,13,24H,12H2,1H3,(H,21,25)/b20-11-. The summed E-state index contributed by atoms with van der Waals surface area (Å²) in [6.07, 6.45) is 2.66. The van der Waals surface area contributed by atoms with Crippen LogP contribution in [0.5, 0.6) is 5.75 Å². The molecule has 0 saturated carbocycles. The number of benzene rings is 2. The first kappa shape index (κ1) is 17.2. The minimum absolute atomic E-state index is 0.0182. The average Bonchev–Trinajstić information content (AvgIpc) is 2.91. The van der Waals surface area contributed by atoms with Crippen LogP contribution in [0.15, 0.2) is 66.0 Å². The predicted molar refractivity (Wildman–Crippen MR) is 96.8 cm³/mol. The molecule has 0 saturated heterocycles. The molecule has 26 heavy (non-hydrogen) atoms. The van der Waals surface area contributed by atoms with Crippen LogP contribution >= 0.6 is 0 Å². The molecule has 0 aliphatic carbocycles. The average molecular weight is 350 g/mol. The molecule has 2 aromatic carbocycles. The fourth-order valence-corrected chi connectivity index (χ4v) is 2.58. The van der Waals surface area contributed by atoms with Crippen LogP contribution in [0, 0.1) is 12.1 Å². The van der Waals surface area contributed by atoms with E-state index in [4.69, 9.17) is 0 Å². The zero-order valence-electron chi connectivity index (χ0n) is 14.2. The number of para-hydroxylation sites is 1. The number of carbonyl (C=O) groups is 1. The van der Waals surface area contributed by atoms with Crippen LogP contribution in [-0.4, -0.2) is 21.8 Å². The van der Waals surface area contributed by atoms with E-state index < -0.39 is 5.91 Å². The molecule has 1 amide bonds. The van der Waals surface area contributed by atoms with Gasteiger partial charge in [0.1, 0.15) is 12.3 Å². The van der Waals surface area contributed by atoms with Crippen molar-refractivity contribution in [1.29, 1.82) is 0 Å². The molecule has 0 radical (unpaired) electrons. The Morgan fingerprint density at radius 2 is 1.92 bits per heavy atom. The number of nitrogens with zero attached hydrogens (tertiary/aromatic N) is 3. The predicted octanol–water partition coefficient (Wildman–Crippen LogP) is 1.95. The number of nitrogens with one attached hydrogen (secondary N) is 1. The molecular formula is C19H18N4O3. The molecule has 7 nitrogen and oxygen atoms in total. The van der Waals surface area contributed by atoms with E-state index in [1.54, 1.807) is 29.7 Å². The van der Waals surface area contributed by atoms with Crippen molar-refractivity contribution in [2.24, 2.45) is 5.10 Å². The van der Waals surface area contributed by atoms with Crippen LogP contribution in [0.25, 0.3) is 0 Å². The van der Waals surface area contributed by atoms with Gasteiger partial charge in [-0.2, -0.15) is 5.10 Å². The topological polar surface area (TPSA) is 93.6 Å². The molecule has 0 aliphatic heterocycles. The molecule has 132 valence electrons.